The average molecular weight is 347 g/mol. The first-order valence-corrected chi connectivity index (χ1v) is 9.32. The van der Waals surface area contributed by atoms with Gasteiger partial charge < -0.3 is 15.0 Å². The normalized spacial score (nSPS) is 22.0. The second-order valence-electron chi connectivity index (χ2n) is 6.86. The summed E-state index contributed by atoms with van der Waals surface area (Å²) in [6, 6.07) is 0. The van der Waals surface area contributed by atoms with E-state index in [0.29, 0.717) is 12.3 Å². The van der Waals surface area contributed by atoms with Crippen molar-refractivity contribution < 1.29 is 9.53 Å². The number of aromatic nitrogens is 2. The van der Waals surface area contributed by atoms with Crippen molar-refractivity contribution in [3.63, 3.8) is 0 Å². The molecule has 2 aliphatic heterocycles. The Morgan fingerprint density at radius 2 is 2.08 bits per heavy atom. The van der Waals surface area contributed by atoms with Crippen molar-refractivity contribution in [3.8, 4) is 0 Å². The molecule has 25 heavy (non-hydrogen) atoms. The van der Waals surface area contributed by atoms with Crippen LogP contribution in [0.4, 0.5) is 5.82 Å². The van der Waals surface area contributed by atoms with Crippen LogP contribution in [0, 0.1) is 5.92 Å². The minimum atomic E-state index is 0.282. The van der Waals surface area contributed by atoms with Crippen LogP contribution in [-0.4, -0.2) is 78.7 Å². The van der Waals surface area contributed by atoms with Gasteiger partial charge >= 0.3 is 0 Å². The molecule has 1 aromatic rings. The van der Waals surface area contributed by atoms with Gasteiger partial charge in [-0.15, -0.1) is 0 Å². The first-order chi connectivity index (χ1) is 12.3. The predicted octanol–water partition coefficient (Wildman–Crippen LogP) is 1.02. The largest absolute Gasteiger partial charge is 0.379 e. The van der Waals surface area contributed by atoms with Gasteiger partial charge in [-0.05, 0) is 25.2 Å². The molecule has 0 spiro atoms. The zero-order chi connectivity index (χ0) is 17.5. The van der Waals surface area contributed by atoms with Crippen molar-refractivity contribution in [3.05, 3.63) is 18.1 Å². The SMILES string of the molecule is CNc1nccnc1C[C@H]1CCCN(C(=O)CCN2CCOCC2)C1. The maximum absolute atomic E-state index is 12.6. The highest BCUT2D eigenvalue weighted by atomic mass is 16.5. The van der Waals surface area contributed by atoms with Crippen molar-refractivity contribution in [2.45, 2.75) is 25.7 Å². The van der Waals surface area contributed by atoms with Crippen LogP contribution in [0.25, 0.3) is 0 Å². The minimum Gasteiger partial charge on any atom is -0.379 e. The monoisotopic (exact) mass is 347 g/mol. The zero-order valence-electron chi connectivity index (χ0n) is 15.1. The molecule has 3 heterocycles. The van der Waals surface area contributed by atoms with E-state index in [4.69, 9.17) is 4.74 Å². The Hall–Kier alpha value is -1.73. The van der Waals surface area contributed by atoms with Gasteiger partial charge in [-0.2, -0.15) is 0 Å². The molecular weight excluding hydrogens is 318 g/mol. The molecule has 7 heteroatoms. The molecule has 1 N–H and O–H groups in total. The lowest BCUT2D eigenvalue weighted by Crippen LogP contribution is -2.43. The van der Waals surface area contributed by atoms with Crippen LogP contribution in [0.2, 0.25) is 0 Å². The standard InChI is InChI=1S/C18H29N5O2/c1-19-18-16(20-5-6-21-18)13-15-3-2-7-23(14-15)17(24)4-8-22-9-11-25-12-10-22/h5-6,15H,2-4,7-14H2,1H3,(H,19,21)/t15-/m1/s1. The van der Waals surface area contributed by atoms with Crippen LogP contribution in [0.15, 0.2) is 12.4 Å². The summed E-state index contributed by atoms with van der Waals surface area (Å²) in [5.74, 6) is 1.59. The third-order valence-corrected chi connectivity index (χ3v) is 5.11. The van der Waals surface area contributed by atoms with Crippen LogP contribution in [0.1, 0.15) is 25.0 Å². The first-order valence-electron chi connectivity index (χ1n) is 9.32. The Morgan fingerprint density at radius 3 is 2.88 bits per heavy atom. The van der Waals surface area contributed by atoms with Crippen molar-refractivity contribution >= 4 is 11.7 Å². The highest BCUT2D eigenvalue weighted by Crippen LogP contribution is 2.23. The molecule has 2 saturated heterocycles. The zero-order valence-corrected chi connectivity index (χ0v) is 15.1. The first kappa shape index (κ1) is 18.1. The molecule has 0 saturated carbocycles. The number of nitrogens with zero attached hydrogens (tertiary/aromatic N) is 4. The van der Waals surface area contributed by atoms with Crippen LogP contribution in [-0.2, 0) is 16.0 Å². The van der Waals surface area contributed by atoms with Gasteiger partial charge in [-0.3, -0.25) is 14.7 Å². The number of rotatable bonds is 6. The van der Waals surface area contributed by atoms with Crippen LogP contribution < -0.4 is 5.32 Å². The fraction of sp³-hybridized carbons (Fsp3) is 0.722. The molecule has 2 fully saturated rings. The summed E-state index contributed by atoms with van der Waals surface area (Å²) in [4.78, 5) is 25.7. The van der Waals surface area contributed by atoms with Crippen LogP contribution in [0.3, 0.4) is 0 Å². The van der Waals surface area contributed by atoms with Gasteiger partial charge in [-0.1, -0.05) is 0 Å². The lowest BCUT2D eigenvalue weighted by Gasteiger charge is -2.34. The van der Waals surface area contributed by atoms with Crippen LogP contribution >= 0.6 is 0 Å². The molecule has 7 nitrogen and oxygen atoms in total. The molecule has 1 amide bonds. The molecule has 0 aromatic carbocycles. The van der Waals surface area contributed by atoms with Gasteiger partial charge in [0.1, 0.15) is 5.82 Å². The lowest BCUT2D eigenvalue weighted by atomic mass is 9.93. The van der Waals surface area contributed by atoms with E-state index in [9.17, 15) is 4.79 Å². The van der Waals surface area contributed by atoms with E-state index in [1.54, 1.807) is 12.4 Å². The summed E-state index contributed by atoms with van der Waals surface area (Å²) < 4.78 is 5.36. The summed E-state index contributed by atoms with van der Waals surface area (Å²) in [7, 11) is 1.87. The number of ether oxygens (including phenoxy) is 1. The highest BCUT2D eigenvalue weighted by molar-refractivity contribution is 5.76. The molecular formula is C18H29N5O2. The molecule has 0 bridgehead atoms. The Bertz CT molecular complexity index is 562. The van der Waals surface area contributed by atoms with E-state index in [0.717, 1.165) is 76.7 Å². The third-order valence-electron chi connectivity index (χ3n) is 5.11. The third kappa shape index (κ3) is 5.12. The Balaban J connectivity index is 1.49. The summed E-state index contributed by atoms with van der Waals surface area (Å²) in [6.45, 7) is 6.01. The number of carbonyl (C=O) groups excluding carboxylic acids is 1. The van der Waals surface area contributed by atoms with Gasteiger partial charge in [0, 0.05) is 58.6 Å². The molecule has 0 radical (unpaired) electrons. The predicted molar refractivity (Wildman–Crippen MR) is 96.5 cm³/mol. The molecule has 3 rings (SSSR count). The highest BCUT2D eigenvalue weighted by Gasteiger charge is 2.25. The minimum absolute atomic E-state index is 0.282. The number of hydrogen-bond acceptors (Lipinski definition) is 6. The molecule has 2 aliphatic rings. The molecule has 1 aromatic heterocycles. The molecule has 0 aliphatic carbocycles. The number of amides is 1. The van der Waals surface area contributed by atoms with Gasteiger partial charge in [0.15, 0.2) is 0 Å². The van der Waals surface area contributed by atoms with E-state index < -0.39 is 0 Å². The number of hydrogen-bond donors (Lipinski definition) is 1. The second-order valence-corrected chi connectivity index (χ2v) is 6.86. The van der Waals surface area contributed by atoms with E-state index in [2.05, 4.69) is 20.2 Å². The maximum Gasteiger partial charge on any atom is 0.223 e. The van der Waals surface area contributed by atoms with Gasteiger partial charge in [0.25, 0.3) is 0 Å². The summed E-state index contributed by atoms with van der Waals surface area (Å²) >= 11 is 0. The van der Waals surface area contributed by atoms with E-state index in [1.807, 2.05) is 11.9 Å². The van der Waals surface area contributed by atoms with E-state index in [-0.39, 0.29) is 5.91 Å². The summed E-state index contributed by atoms with van der Waals surface area (Å²) in [5, 5.41) is 3.11. The maximum atomic E-state index is 12.6. The van der Waals surface area contributed by atoms with Crippen molar-refractivity contribution in [1.82, 2.24) is 19.8 Å². The van der Waals surface area contributed by atoms with E-state index in [1.165, 1.54) is 0 Å². The fourth-order valence-corrected chi connectivity index (χ4v) is 3.69. The number of likely N-dealkylation sites (tertiary alicyclic amines) is 1. The Kier molecular flexibility index (Phi) is 6.58. The lowest BCUT2D eigenvalue weighted by molar-refractivity contribution is -0.133. The molecule has 0 unspecified atom stereocenters. The Morgan fingerprint density at radius 1 is 1.28 bits per heavy atom. The number of anilines is 1. The number of piperidine rings is 1. The fourth-order valence-electron chi connectivity index (χ4n) is 3.69. The average Bonchev–Trinajstić information content (AvgIpc) is 2.67. The van der Waals surface area contributed by atoms with Crippen molar-refractivity contribution in [2.75, 3.05) is 58.3 Å². The number of carbonyl (C=O) groups is 1. The van der Waals surface area contributed by atoms with Crippen molar-refractivity contribution in [1.29, 1.82) is 0 Å². The van der Waals surface area contributed by atoms with Crippen molar-refractivity contribution in [2.24, 2.45) is 5.92 Å². The summed E-state index contributed by atoms with van der Waals surface area (Å²) in [6.07, 6.45) is 7.15. The number of nitrogens with one attached hydrogen (secondary N) is 1. The summed E-state index contributed by atoms with van der Waals surface area (Å²) in [5.41, 5.74) is 0.998. The van der Waals surface area contributed by atoms with E-state index >= 15 is 0 Å². The smallest absolute Gasteiger partial charge is 0.223 e. The molecule has 138 valence electrons. The molecule has 1 atom stereocenters. The van der Waals surface area contributed by atoms with Gasteiger partial charge in [0.05, 0.1) is 18.9 Å². The second kappa shape index (κ2) is 9.10. The van der Waals surface area contributed by atoms with Gasteiger partial charge in [0.2, 0.25) is 5.91 Å². The van der Waals surface area contributed by atoms with Gasteiger partial charge in [-0.25, -0.2) is 4.98 Å². The topological polar surface area (TPSA) is 70.6 Å². The van der Waals surface area contributed by atoms with Crippen LogP contribution in [0.5, 0.6) is 0 Å². The number of morpholine rings is 1. The Labute approximate surface area is 149 Å². The quantitative estimate of drug-likeness (QED) is 0.829.